The van der Waals surface area contributed by atoms with Gasteiger partial charge in [-0.05, 0) is 6.07 Å². The fourth-order valence-corrected chi connectivity index (χ4v) is 2.62. The molecule has 3 rings (SSSR count). The van der Waals surface area contributed by atoms with Crippen molar-refractivity contribution in [1.29, 1.82) is 0 Å². The molecule has 128 valence electrons. The van der Waals surface area contributed by atoms with Gasteiger partial charge in [0.05, 0.1) is 15.4 Å². The summed E-state index contributed by atoms with van der Waals surface area (Å²) in [6, 6.07) is 7.11. The van der Waals surface area contributed by atoms with Crippen LogP contribution in [-0.2, 0) is 6.18 Å². The summed E-state index contributed by atoms with van der Waals surface area (Å²) >= 11 is 0. The zero-order valence-electron chi connectivity index (χ0n) is 12.2. The van der Waals surface area contributed by atoms with E-state index in [1.165, 1.54) is 6.20 Å². The Morgan fingerprint density at radius 1 is 0.960 bits per heavy atom. The van der Waals surface area contributed by atoms with Crippen molar-refractivity contribution in [2.24, 2.45) is 0 Å². The van der Waals surface area contributed by atoms with Crippen LogP contribution in [0.1, 0.15) is 5.56 Å². The van der Waals surface area contributed by atoms with E-state index in [1.807, 2.05) is 0 Å². The number of aromatic nitrogens is 1. The highest BCUT2D eigenvalue weighted by Gasteiger charge is 2.38. The van der Waals surface area contributed by atoms with Gasteiger partial charge in [-0.25, -0.2) is 0 Å². The van der Waals surface area contributed by atoms with Crippen molar-refractivity contribution in [3.63, 3.8) is 0 Å². The number of nitro benzene ring substituents is 2. The number of H-pyrrole nitrogens is 1. The Kier molecular flexibility index (Phi) is 3.67. The number of rotatable bonds is 3. The molecule has 0 saturated heterocycles. The molecular formula is C15H8F3N3O4. The van der Waals surface area contributed by atoms with Gasteiger partial charge in [0.25, 0.3) is 11.4 Å². The van der Waals surface area contributed by atoms with E-state index in [9.17, 15) is 33.4 Å². The Bertz CT molecular complexity index is 976. The maximum atomic E-state index is 13.0. The topological polar surface area (TPSA) is 102 Å². The lowest BCUT2D eigenvalue weighted by Gasteiger charge is -2.09. The molecule has 0 spiro atoms. The summed E-state index contributed by atoms with van der Waals surface area (Å²) in [4.78, 5) is 23.3. The number of hydrogen-bond acceptors (Lipinski definition) is 4. The van der Waals surface area contributed by atoms with Gasteiger partial charge in [0.2, 0.25) is 0 Å². The van der Waals surface area contributed by atoms with Crippen LogP contribution < -0.4 is 0 Å². The maximum absolute atomic E-state index is 13.0. The van der Waals surface area contributed by atoms with Crippen molar-refractivity contribution in [2.45, 2.75) is 6.18 Å². The third kappa shape index (κ3) is 2.77. The van der Waals surface area contributed by atoms with Crippen LogP contribution in [0.25, 0.3) is 22.0 Å². The van der Waals surface area contributed by atoms with E-state index in [2.05, 4.69) is 4.98 Å². The van der Waals surface area contributed by atoms with Crippen molar-refractivity contribution < 1.29 is 23.0 Å². The molecule has 0 bridgehead atoms. The molecule has 0 atom stereocenters. The summed E-state index contributed by atoms with van der Waals surface area (Å²) in [7, 11) is 0. The average molecular weight is 351 g/mol. The van der Waals surface area contributed by atoms with E-state index in [0.29, 0.717) is 23.0 Å². The molecule has 0 radical (unpaired) electrons. The van der Waals surface area contributed by atoms with Crippen LogP contribution in [0.3, 0.4) is 0 Å². The molecular weight excluding hydrogens is 343 g/mol. The highest BCUT2D eigenvalue weighted by molar-refractivity contribution is 6.00. The lowest BCUT2D eigenvalue weighted by Crippen LogP contribution is -2.08. The van der Waals surface area contributed by atoms with Gasteiger partial charge in [0.15, 0.2) is 0 Å². The number of benzene rings is 2. The first-order chi connectivity index (χ1) is 11.7. The molecule has 0 aliphatic carbocycles. The van der Waals surface area contributed by atoms with Gasteiger partial charge in [-0.3, -0.25) is 20.2 Å². The van der Waals surface area contributed by atoms with Crippen LogP contribution >= 0.6 is 0 Å². The summed E-state index contributed by atoms with van der Waals surface area (Å²) in [5, 5.41) is 23.0. The van der Waals surface area contributed by atoms with Crippen LogP contribution in [0.5, 0.6) is 0 Å². The van der Waals surface area contributed by atoms with Crippen molar-refractivity contribution in [1.82, 2.24) is 4.98 Å². The predicted octanol–water partition coefficient (Wildman–Crippen LogP) is 4.67. The SMILES string of the molecule is O=[N+]([O-])c1cc(C(F)(F)F)cc([N+](=O)[O-])c1-c1c[nH]c2ccccc12. The largest absolute Gasteiger partial charge is 0.416 e. The third-order valence-corrected chi connectivity index (χ3v) is 3.68. The number of nitrogens with zero attached hydrogens (tertiary/aromatic N) is 2. The highest BCUT2D eigenvalue weighted by Crippen LogP contribution is 2.45. The summed E-state index contributed by atoms with van der Waals surface area (Å²) in [5.41, 5.74) is -3.25. The lowest BCUT2D eigenvalue weighted by atomic mass is 9.98. The molecule has 0 aliphatic rings. The van der Waals surface area contributed by atoms with Crippen molar-refractivity contribution in [3.05, 3.63) is 68.4 Å². The fraction of sp³-hybridized carbons (Fsp3) is 0.0667. The molecule has 10 heteroatoms. The lowest BCUT2D eigenvalue weighted by molar-refractivity contribution is -0.393. The van der Waals surface area contributed by atoms with E-state index >= 15 is 0 Å². The number of hydrogen-bond donors (Lipinski definition) is 1. The van der Waals surface area contributed by atoms with Gasteiger partial charge in [0.1, 0.15) is 5.56 Å². The molecule has 0 amide bonds. The minimum Gasteiger partial charge on any atom is -0.361 e. The van der Waals surface area contributed by atoms with Crippen LogP contribution in [0.15, 0.2) is 42.6 Å². The molecule has 1 aromatic heterocycles. The average Bonchev–Trinajstić information content (AvgIpc) is 2.96. The molecule has 1 heterocycles. The number of fused-ring (bicyclic) bond motifs is 1. The summed E-state index contributed by atoms with van der Waals surface area (Å²) in [6.07, 6.45) is -3.65. The van der Waals surface area contributed by atoms with Gasteiger partial charge < -0.3 is 4.98 Å². The van der Waals surface area contributed by atoms with Crippen molar-refractivity contribution in [2.75, 3.05) is 0 Å². The molecule has 0 saturated carbocycles. The van der Waals surface area contributed by atoms with E-state index in [-0.39, 0.29) is 5.56 Å². The first-order valence-electron chi connectivity index (χ1n) is 6.80. The minimum absolute atomic E-state index is 0.0859. The standard InChI is InChI=1S/C15H8F3N3O4/c16-15(17,18)8-5-12(20(22)23)14(13(6-8)21(24)25)10-7-19-11-4-2-1-3-9(10)11/h1-7,19H. The molecule has 3 aromatic rings. The van der Waals surface area contributed by atoms with Crippen LogP contribution in [0, 0.1) is 20.2 Å². The number of aromatic amines is 1. The van der Waals surface area contributed by atoms with Crippen LogP contribution in [0.4, 0.5) is 24.5 Å². The number of nitrogens with one attached hydrogen (secondary N) is 1. The third-order valence-electron chi connectivity index (χ3n) is 3.68. The summed E-state index contributed by atoms with van der Waals surface area (Å²) < 4.78 is 38.9. The fourth-order valence-electron chi connectivity index (χ4n) is 2.62. The van der Waals surface area contributed by atoms with Crippen LogP contribution in [0.2, 0.25) is 0 Å². The first kappa shape index (κ1) is 16.4. The smallest absolute Gasteiger partial charge is 0.361 e. The molecule has 7 nitrogen and oxygen atoms in total. The second-order valence-corrected chi connectivity index (χ2v) is 5.15. The van der Waals surface area contributed by atoms with Gasteiger partial charge in [-0.2, -0.15) is 13.2 Å². The quantitative estimate of drug-likeness (QED) is 0.547. The predicted molar refractivity (Wildman–Crippen MR) is 82.0 cm³/mol. The number of para-hydroxylation sites is 1. The Morgan fingerprint density at radius 2 is 1.52 bits per heavy atom. The molecule has 0 unspecified atom stereocenters. The van der Waals surface area contributed by atoms with Crippen molar-refractivity contribution in [3.8, 4) is 11.1 Å². The second kappa shape index (κ2) is 5.58. The number of halogens is 3. The Hall–Kier alpha value is -3.43. The number of alkyl halides is 3. The Morgan fingerprint density at radius 3 is 2.04 bits per heavy atom. The normalized spacial score (nSPS) is 11.6. The number of nitro groups is 2. The molecule has 0 aliphatic heterocycles. The van der Waals surface area contributed by atoms with Gasteiger partial charge >= 0.3 is 6.18 Å². The highest BCUT2D eigenvalue weighted by atomic mass is 19.4. The van der Waals surface area contributed by atoms with Gasteiger partial charge in [0, 0.05) is 34.8 Å². The maximum Gasteiger partial charge on any atom is 0.416 e. The minimum atomic E-state index is -4.95. The Labute approximate surface area is 137 Å². The zero-order chi connectivity index (χ0) is 18.4. The monoisotopic (exact) mass is 351 g/mol. The van der Waals surface area contributed by atoms with E-state index in [0.717, 1.165) is 0 Å². The van der Waals surface area contributed by atoms with Crippen molar-refractivity contribution >= 4 is 22.3 Å². The second-order valence-electron chi connectivity index (χ2n) is 5.15. The van der Waals surface area contributed by atoms with Gasteiger partial charge in [-0.15, -0.1) is 0 Å². The molecule has 1 N–H and O–H groups in total. The zero-order valence-corrected chi connectivity index (χ0v) is 12.2. The van der Waals surface area contributed by atoms with E-state index in [1.54, 1.807) is 24.3 Å². The summed E-state index contributed by atoms with van der Waals surface area (Å²) in [5.74, 6) is 0. The Balaban J connectivity index is 2.42. The van der Waals surface area contributed by atoms with Crippen LogP contribution in [-0.4, -0.2) is 14.8 Å². The molecule has 25 heavy (non-hydrogen) atoms. The first-order valence-corrected chi connectivity index (χ1v) is 6.80. The summed E-state index contributed by atoms with van der Waals surface area (Å²) in [6.45, 7) is 0. The molecule has 2 aromatic carbocycles. The van der Waals surface area contributed by atoms with E-state index < -0.39 is 38.5 Å². The van der Waals surface area contributed by atoms with E-state index in [4.69, 9.17) is 0 Å². The van der Waals surface area contributed by atoms with Gasteiger partial charge in [-0.1, -0.05) is 18.2 Å². The molecule has 0 fully saturated rings.